The van der Waals surface area contributed by atoms with E-state index in [1.807, 2.05) is 0 Å². The number of unbranched alkanes of at least 4 members (excludes halogenated alkanes) is 31. The van der Waals surface area contributed by atoms with E-state index >= 15 is 0 Å². The van der Waals surface area contributed by atoms with Crippen LogP contribution in [0.5, 0.6) is 0 Å². The molecule has 0 heterocycles. The van der Waals surface area contributed by atoms with Crippen molar-refractivity contribution in [2.75, 3.05) is 13.2 Å². The first-order valence-corrected chi connectivity index (χ1v) is 25.3. The summed E-state index contributed by atoms with van der Waals surface area (Å²) in [5.41, 5.74) is 0. The van der Waals surface area contributed by atoms with Crippen molar-refractivity contribution in [1.82, 2.24) is 0 Å². The molecule has 340 valence electrons. The van der Waals surface area contributed by atoms with Crippen molar-refractivity contribution < 1.29 is 28.6 Å². The number of carbonyl (C=O) groups excluding carboxylic acids is 3. The largest absolute Gasteiger partial charge is 0.462 e. The summed E-state index contributed by atoms with van der Waals surface area (Å²) in [7, 11) is 0. The Kier molecular flexibility index (Phi) is 45.8. The van der Waals surface area contributed by atoms with E-state index in [9.17, 15) is 14.4 Å². The predicted molar refractivity (Wildman–Crippen MR) is 247 cm³/mol. The van der Waals surface area contributed by atoms with Gasteiger partial charge in [0.1, 0.15) is 13.2 Å². The van der Waals surface area contributed by atoms with Crippen molar-refractivity contribution in [2.24, 2.45) is 0 Å². The molecule has 0 aromatic heterocycles. The summed E-state index contributed by atoms with van der Waals surface area (Å²) in [6.07, 6.45) is 53.0. The normalized spacial score (nSPS) is 12.1. The third-order valence-electron chi connectivity index (χ3n) is 11.2. The van der Waals surface area contributed by atoms with Crippen molar-refractivity contribution >= 4 is 17.9 Å². The second kappa shape index (κ2) is 47.6. The maximum atomic E-state index is 12.8. The first-order valence-electron chi connectivity index (χ1n) is 25.3. The Morgan fingerprint density at radius 2 is 0.672 bits per heavy atom. The van der Waals surface area contributed by atoms with Gasteiger partial charge in [-0.2, -0.15) is 0 Å². The lowest BCUT2D eigenvalue weighted by molar-refractivity contribution is -0.167. The lowest BCUT2D eigenvalue weighted by Crippen LogP contribution is -2.30. The molecule has 0 amide bonds. The molecular formula is C52H96O6. The van der Waals surface area contributed by atoms with Gasteiger partial charge in [-0.3, -0.25) is 14.4 Å². The lowest BCUT2D eigenvalue weighted by Gasteiger charge is -2.18. The molecule has 0 aromatic carbocycles. The van der Waals surface area contributed by atoms with Gasteiger partial charge in [0.2, 0.25) is 0 Å². The highest BCUT2D eigenvalue weighted by atomic mass is 16.6. The van der Waals surface area contributed by atoms with Crippen molar-refractivity contribution in [3.8, 4) is 0 Å². The first kappa shape index (κ1) is 55.9. The van der Waals surface area contributed by atoms with Crippen molar-refractivity contribution in [1.29, 1.82) is 0 Å². The minimum atomic E-state index is -0.767. The summed E-state index contributed by atoms with van der Waals surface area (Å²) in [5.74, 6) is -0.864. The highest BCUT2D eigenvalue weighted by Gasteiger charge is 2.19. The van der Waals surface area contributed by atoms with Gasteiger partial charge in [0.15, 0.2) is 6.10 Å². The van der Waals surface area contributed by atoms with Gasteiger partial charge >= 0.3 is 17.9 Å². The molecule has 0 aliphatic rings. The van der Waals surface area contributed by atoms with Crippen LogP contribution in [0.2, 0.25) is 0 Å². The smallest absolute Gasteiger partial charge is 0.306 e. The monoisotopic (exact) mass is 817 g/mol. The van der Waals surface area contributed by atoms with E-state index in [1.165, 1.54) is 154 Å². The average Bonchev–Trinajstić information content (AvgIpc) is 3.22. The van der Waals surface area contributed by atoms with E-state index in [1.54, 1.807) is 0 Å². The maximum absolute atomic E-state index is 12.8. The standard InChI is InChI=1S/C52H96O6/c1-4-7-10-13-16-19-22-25-28-30-33-36-39-42-45-51(54)57-48-49(58-52(55)46-43-40-37-34-31-27-24-21-18-15-12-9-6-3)47-56-50(53)44-41-38-35-32-29-26-23-20-17-14-11-8-5-2/h7,10,16,19,49H,4-6,8-9,11-15,17-18,20-48H2,1-3H3/b10-7-,19-16-. The zero-order valence-corrected chi connectivity index (χ0v) is 38.8. The van der Waals surface area contributed by atoms with E-state index in [2.05, 4.69) is 45.1 Å². The quantitative estimate of drug-likeness (QED) is 0.0263. The zero-order valence-electron chi connectivity index (χ0n) is 38.8. The molecule has 6 nitrogen and oxygen atoms in total. The van der Waals surface area contributed by atoms with Gasteiger partial charge < -0.3 is 14.2 Å². The molecule has 1 unspecified atom stereocenters. The number of allylic oxidation sites excluding steroid dienone is 4. The van der Waals surface area contributed by atoms with Crippen LogP contribution in [0.4, 0.5) is 0 Å². The van der Waals surface area contributed by atoms with Crippen molar-refractivity contribution in [2.45, 2.75) is 277 Å². The molecular weight excluding hydrogens is 721 g/mol. The molecule has 0 rings (SSSR count). The van der Waals surface area contributed by atoms with Crippen LogP contribution in [0.3, 0.4) is 0 Å². The van der Waals surface area contributed by atoms with Crippen LogP contribution in [0.25, 0.3) is 0 Å². The number of rotatable bonds is 46. The van der Waals surface area contributed by atoms with Crippen LogP contribution in [0.15, 0.2) is 24.3 Å². The Morgan fingerprint density at radius 1 is 0.362 bits per heavy atom. The van der Waals surface area contributed by atoms with Crippen LogP contribution < -0.4 is 0 Å². The van der Waals surface area contributed by atoms with Gasteiger partial charge in [-0.1, -0.05) is 231 Å². The van der Waals surface area contributed by atoms with Gasteiger partial charge in [0.05, 0.1) is 0 Å². The van der Waals surface area contributed by atoms with Crippen molar-refractivity contribution in [3.05, 3.63) is 24.3 Å². The van der Waals surface area contributed by atoms with E-state index in [4.69, 9.17) is 14.2 Å². The Hall–Kier alpha value is -2.11. The molecule has 0 aliphatic heterocycles. The van der Waals surface area contributed by atoms with Gasteiger partial charge in [0, 0.05) is 19.3 Å². The van der Waals surface area contributed by atoms with Crippen LogP contribution in [-0.2, 0) is 28.6 Å². The lowest BCUT2D eigenvalue weighted by atomic mass is 10.0. The topological polar surface area (TPSA) is 78.9 Å². The number of esters is 3. The molecule has 58 heavy (non-hydrogen) atoms. The summed E-state index contributed by atoms with van der Waals surface area (Å²) in [6, 6.07) is 0. The Bertz CT molecular complexity index is 942. The highest BCUT2D eigenvalue weighted by Crippen LogP contribution is 2.16. The summed E-state index contributed by atoms with van der Waals surface area (Å²) < 4.78 is 16.8. The molecule has 0 N–H and O–H groups in total. The summed E-state index contributed by atoms with van der Waals surface area (Å²) >= 11 is 0. The maximum Gasteiger partial charge on any atom is 0.306 e. The van der Waals surface area contributed by atoms with Crippen LogP contribution in [-0.4, -0.2) is 37.2 Å². The Balaban J connectivity index is 4.34. The number of hydrogen-bond donors (Lipinski definition) is 0. The average molecular weight is 817 g/mol. The first-order chi connectivity index (χ1) is 28.5. The zero-order chi connectivity index (χ0) is 42.3. The Labute approximate surface area is 360 Å². The van der Waals surface area contributed by atoms with E-state index in [-0.39, 0.29) is 31.1 Å². The fourth-order valence-electron chi connectivity index (χ4n) is 7.42. The van der Waals surface area contributed by atoms with Crippen LogP contribution >= 0.6 is 0 Å². The second-order valence-electron chi connectivity index (χ2n) is 17.1. The van der Waals surface area contributed by atoms with Gasteiger partial charge in [0.25, 0.3) is 0 Å². The van der Waals surface area contributed by atoms with Crippen molar-refractivity contribution in [3.63, 3.8) is 0 Å². The minimum Gasteiger partial charge on any atom is -0.462 e. The van der Waals surface area contributed by atoms with E-state index < -0.39 is 6.10 Å². The number of hydrogen-bond acceptors (Lipinski definition) is 6. The Morgan fingerprint density at radius 3 is 1.03 bits per heavy atom. The fraction of sp³-hybridized carbons (Fsp3) is 0.865. The van der Waals surface area contributed by atoms with Gasteiger partial charge in [-0.15, -0.1) is 0 Å². The molecule has 0 radical (unpaired) electrons. The molecule has 0 aromatic rings. The summed E-state index contributed by atoms with van der Waals surface area (Å²) in [4.78, 5) is 37.9. The molecule has 1 atom stereocenters. The van der Waals surface area contributed by atoms with E-state index in [0.29, 0.717) is 19.3 Å². The molecule has 6 heteroatoms. The summed E-state index contributed by atoms with van der Waals surface area (Å²) in [6.45, 7) is 6.55. The fourth-order valence-corrected chi connectivity index (χ4v) is 7.42. The van der Waals surface area contributed by atoms with Gasteiger partial charge in [-0.05, 0) is 44.9 Å². The third kappa shape index (κ3) is 45.0. The molecule has 0 saturated heterocycles. The predicted octanol–water partition coefficient (Wildman–Crippen LogP) is 16.4. The minimum absolute atomic E-state index is 0.0689. The SMILES string of the molecule is CC/C=C\C/C=C\CCCCCCCCCC(=O)OCC(COC(=O)CCCCCCCCCCCCCCC)OC(=O)CCCCCCCCCCCCCCC. The molecule has 0 spiro atoms. The summed E-state index contributed by atoms with van der Waals surface area (Å²) in [5, 5.41) is 0. The molecule has 0 aliphatic carbocycles. The van der Waals surface area contributed by atoms with Crippen LogP contribution in [0, 0.1) is 0 Å². The van der Waals surface area contributed by atoms with E-state index in [0.717, 1.165) is 77.0 Å². The molecule has 0 saturated carbocycles. The van der Waals surface area contributed by atoms with Crippen LogP contribution in [0.1, 0.15) is 271 Å². The number of carbonyl (C=O) groups is 3. The molecule has 0 bridgehead atoms. The highest BCUT2D eigenvalue weighted by molar-refractivity contribution is 5.71. The van der Waals surface area contributed by atoms with Gasteiger partial charge in [-0.25, -0.2) is 0 Å². The number of ether oxygens (including phenoxy) is 3. The molecule has 0 fully saturated rings. The second-order valence-corrected chi connectivity index (χ2v) is 17.1. The third-order valence-corrected chi connectivity index (χ3v) is 11.2.